The fourth-order valence-corrected chi connectivity index (χ4v) is 4.08. The molecule has 108 valence electrons. The van der Waals surface area contributed by atoms with E-state index in [1.807, 2.05) is 31.3 Å². The fourth-order valence-electron chi connectivity index (χ4n) is 2.74. The summed E-state index contributed by atoms with van der Waals surface area (Å²) >= 11 is 0. The van der Waals surface area contributed by atoms with E-state index < -0.39 is 10.8 Å². The van der Waals surface area contributed by atoms with Crippen LogP contribution in [0.5, 0.6) is 0 Å². The Morgan fingerprint density at radius 2 is 1.81 bits per heavy atom. The van der Waals surface area contributed by atoms with Gasteiger partial charge < -0.3 is 5.32 Å². The van der Waals surface area contributed by atoms with E-state index in [1.165, 1.54) is 16.7 Å². The molecule has 1 N–H and O–H groups in total. The first-order valence-electron chi connectivity index (χ1n) is 7.22. The molecule has 0 aliphatic carbocycles. The smallest absolute Gasteiger partial charge is 0.0580 e. The molecule has 1 aliphatic rings. The van der Waals surface area contributed by atoms with Crippen LogP contribution in [0.3, 0.4) is 0 Å². The topological polar surface area (TPSA) is 29.1 Å². The summed E-state index contributed by atoms with van der Waals surface area (Å²) < 4.78 is 12.6. The molecule has 0 bridgehead atoms. The van der Waals surface area contributed by atoms with Crippen LogP contribution in [0.15, 0.2) is 59.5 Å². The molecular weight excluding hydrogens is 278 g/mol. The van der Waals surface area contributed by atoms with Gasteiger partial charge in [0.05, 0.1) is 16.6 Å². The molecule has 1 heterocycles. The monoisotopic (exact) mass is 297 g/mol. The van der Waals surface area contributed by atoms with E-state index in [1.54, 1.807) is 0 Å². The third-order valence-electron chi connectivity index (χ3n) is 3.76. The van der Waals surface area contributed by atoms with Gasteiger partial charge in [-0.25, -0.2) is 0 Å². The maximum Gasteiger partial charge on any atom is 0.0580 e. The zero-order valence-electron chi connectivity index (χ0n) is 12.1. The molecule has 3 heteroatoms. The number of hydrogen-bond donors (Lipinski definition) is 1. The molecule has 1 aliphatic heterocycles. The molecule has 1 unspecified atom stereocenters. The maximum absolute atomic E-state index is 12.6. The Morgan fingerprint density at radius 1 is 1.10 bits per heavy atom. The van der Waals surface area contributed by atoms with Crippen LogP contribution in [0, 0.1) is 0 Å². The zero-order valence-corrected chi connectivity index (χ0v) is 13.0. The maximum atomic E-state index is 12.6. The second kappa shape index (κ2) is 6.37. The summed E-state index contributed by atoms with van der Waals surface area (Å²) in [6.07, 6.45) is 3.22. The first-order valence-corrected chi connectivity index (χ1v) is 8.54. The van der Waals surface area contributed by atoms with E-state index in [0.29, 0.717) is 5.75 Å². The third kappa shape index (κ3) is 2.85. The van der Waals surface area contributed by atoms with Gasteiger partial charge in [0, 0.05) is 4.90 Å². The fraction of sp³-hybridized carbons (Fsp3) is 0.222. The van der Waals surface area contributed by atoms with E-state index in [4.69, 9.17) is 0 Å². The highest BCUT2D eigenvalue weighted by molar-refractivity contribution is 7.84. The summed E-state index contributed by atoms with van der Waals surface area (Å²) in [5.74, 6) is 0.594. The lowest BCUT2D eigenvalue weighted by atomic mass is 9.93. The van der Waals surface area contributed by atoms with Gasteiger partial charge in [0.25, 0.3) is 0 Å². The van der Waals surface area contributed by atoms with Crippen LogP contribution in [0.25, 0.3) is 5.57 Å². The number of benzene rings is 2. The summed E-state index contributed by atoms with van der Waals surface area (Å²) in [6.45, 7) is 0.941. The predicted molar refractivity (Wildman–Crippen MR) is 88.6 cm³/mol. The van der Waals surface area contributed by atoms with Gasteiger partial charge in [-0.05, 0) is 48.3 Å². The Bertz CT molecular complexity index is 706. The minimum Gasteiger partial charge on any atom is -0.319 e. The van der Waals surface area contributed by atoms with E-state index in [-0.39, 0.29) is 0 Å². The highest BCUT2D eigenvalue weighted by Crippen LogP contribution is 2.35. The van der Waals surface area contributed by atoms with Crippen molar-refractivity contribution in [3.8, 4) is 0 Å². The van der Waals surface area contributed by atoms with Crippen molar-refractivity contribution in [3.63, 3.8) is 0 Å². The average molecular weight is 297 g/mol. The first kappa shape index (κ1) is 14.2. The van der Waals surface area contributed by atoms with Crippen molar-refractivity contribution in [2.45, 2.75) is 17.1 Å². The molecule has 3 rings (SSSR count). The summed E-state index contributed by atoms with van der Waals surface area (Å²) in [6, 6.07) is 16.4. The van der Waals surface area contributed by atoms with Gasteiger partial charge in [-0.3, -0.25) is 4.21 Å². The van der Waals surface area contributed by atoms with E-state index in [9.17, 15) is 4.21 Å². The number of rotatable bonds is 3. The quantitative estimate of drug-likeness (QED) is 0.880. The second-order valence-corrected chi connectivity index (χ2v) is 6.57. The van der Waals surface area contributed by atoms with Crippen LogP contribution in [0.2, 0.25) is 0 Å². The second-order valence-electron chi connectivity index (χ2n) is 5.15. The normalized spacial score (nSPS) is 18.9. The van der Waals surface area contributed by atoms with E-state index in [2.05, 4.69) is 35.7 Å². The van der Waals surface area contributed by atoms with Gasteiger partial charge >= 0.3 is 0 Å². The first-order chi connectivity index (χ1) is 10.3. The van der Waals surface area contributed by atoms with Crippen molar-refractivity contribution in [2.75, 3.05) is 13.6 Å². The van der Waals surface area contributed by atoms with Crippen LogP contribution >= 0.6 is 0 Å². The molecule has 0 saturated carbocycles. The van der Waals surface area contributed by atoms with Crippen molar-refractivity contribution in [1.29, 1.82) is 0 Å². The third-order valence-corrected chi connectivity index (χ3v) is 5.18. The molecular formula is C18H19NOS. The van der Waals surface area contributed by atoms with Gasteiger partial charge in [0.1, 0.15) is 0 Å². The molecule has 2 aromatic rings. The highest BCUT2D eigenvalue weighted by atomic mass is 32.2. The van der Waals surface area contributed by atoms with Crippen molar-refractivity contribution in [3.05, 3.63) is 71.3 Å². The van der Waals surface area contributed by atoms with Gasteiger partial charge in [-0.2, -0.15) is 0 Å². The Balaban J connectivity index is 2.18. The standard InChI is InChI=1S/C18H19NOS/c1-19-12-6-10-16-15-8-3-2-7-14(15)13-21(20)18-11-5-4-9-17(16)18/h2-5,7-11,19H,6,12-13H2,1H3/b16-10+. The SMILES string of the molecule is CNCC/C=C1\c2ccccc2CS(=O)c2ccccc21. The summed E-state index contributed by atoms with van der Waals surface area (Å²) in [7, 11) is 0.983. The minimum absolute atomic E-state index is 0.594. The lowest BCUT2D eigenvalue weighted by Crippen LogP contribution is -2.06. The van der Waals surface area contributed by atoms with Crippen molar-refractivity contribution >= 4 is 16.4 Å². The average Bonchev–Trinajstić information content (AvgIpc) is 2.63. The summed E-state index contributed by atoms with van der Waals surface area (Å²) in [5.41, 5.74) is 4.70. The molecule has 21 heavy (non-hydrogen) atoms. The lowest BCUT2D eigenvalue weighted by Gasteiger charge is -2.11. The lowest BCUT2D eigenvalue weighted by molar-refractivity contribution is 0.682. The van der Waals surface area contributed by atoms with E-state index in [0.717, 1.165) is 23.4 Å². The number of fused-ring (bicyclic) bond motifs is 2. The van der Waals surface area contributed by atoms with Crippen molar-refractivity contribution in [2.24, 2.45) is 0 Å². The Labute approximate surface area is 128 Å². The van der Waals surface area contributed by atoms with Gasteiger partial charge in [0.15, 0.2) is 0 Å². The molecule has 1 atom stereocenters. The van der Waals surface area contributed by atoms with Crippen LogP contribution in [0.4, 0.5) is 0 Å². The van der Waals surface area contributed by atoms with Crippen molar-refractivity contribution in [1.82, 2.24) is 5.32 Å². The Morgan fingerprint density at radius 3 is 2.62 bits per heavy atom. The minimum atomic E-state index is -0.978. The highest BCUT2D eigenvalue weighted by Gasteiger charge is 2.21. The molecule has 0 amide bonds. The van der Waals surface area contributed by atoms with Crippen LogP contribution in [-0.4, -0.2) is 17.8 Å². The van der Waals surface area contributed by atoms with Crippen LogP contribution < -0.4 is 5.32 Å². The summed E-state index contributed by atoms with van der Waals surface area (Å²) in [4.78, 5) is 0.949. The number of hydrogen-bond acceptors (Lipinski definition) is 2. The predicted octanol–water partition coefficient (Wildman–Crippen LogP) is 3.35. The Kier molecular flexibility index (Phi) is 4.32. The van der Waals surface area contributed by atoms with Gasteiger partial charge in [-0.15, -0.1) is 0 Å². The van der Waals surface area contributed by atoms with Gasteiger partial charge in [-0.1, -0.05) is 48.5 Å². The molecule has 2 nitrogen and oxygen atoms in total. The van der Waals surface area contributed by atoms with Crippen LogP contribution in [-0.2, 0) is 16.6 Å². The molecule has 0 fully saturated rings. The van der Waals surface area contributed by atoms with Crippen molar-refractivity contribution < 1.29 is 4.21 Å². The molecule has 2 aromatic carbocycles. The van der Waals surface area contributed by atoms with Gasteiger partial charge in [0.2, 0.25) is 0 Å². The molecule has 0 aromatic heterocycles. The molecule has 0 radical (unpaired) electrons. The Hall–Kier alpha value is -1.71. The largest absolute Gasteiger partial charge is 0.319 e. The number of nitrogens with one attached hydrogen (secondary N) is 1. The zero-order chi connectivity index (χ0) is 14.7. The van der Waals surface area contributed by atoms with Crippen LogP contribution in [0.1, 0.15) is 23.1 Å². The van der Waals surface area contributed by atoms with E-state index >= 15 is 0 Å². The molecule has 0 saturated heterocycles. The molecule has 0 spiro atoms. The summed E-state index contributed by atoms with van der Waals surface area (Å²) in [5, 5.41) is 3.18.